The maximum Gasteiger partial charge on any atom is 0.125 e. The van der Waals surface area contributed by atoms with Crippen LogP contribution in [0.25, 0.3) is 0 Å². The lowest BCUT2D eigenvalue weighted by Gasteiger charge is -2.20. The van der Waals surface area contributed by atoms with E-state index in [4.69, 9.17) is 4.74 Å². The summed E-state index contributed by atoms with van der Waals surface area (Å²) in [6.45, 7) is 2.06. The predicted octanol–water partition coefficient (Wildman–Crippen LogP) is 3.50. The molecule has 0 bridgehead atoms. The number of nitrogens with zero attached hydrogens (tertiary/aromatic N) is 2. The van der Waals surface area contributed by atoms with Crippen LogP contribution in [-0.2, 0) is 6.42 Å². The number of nitrogens with one attached hydrogen (secondary N) is 1. The van der Waals surface area contributed by atoms with Crippen LogP contribution in [0.2, 0.25) is 0 Å². The van der Waals surface area contributed by atoms with Crippen LogP contribution in [-0.4, -0.2) is 22.1 Å². The van der Waals surface area contributed by atoms with E-state index in [0.717, 1.165) is 34.7 Å². The fourth-order valence-corrected chi connectivity index (χ4v) is 2.80. The number of hydrogen-bond donors (Lipinski definition) is 1. The second kappa shape index (κ2) is 6.43. The molecule has 2 aromatic heterocycles. The van der Waals surface area contributed by atoms with E-state index >= 15 is 0 Å². The molecule has 1 atom stereocenters. The largest absolute Gasteiger partial charge is 0.496 e. The minimum absolute atomic E-state index is 0.132. The maximum absolute atomic E-state index is 5.64. The molecule has 0 aliphatic rings. The molecule has 3 aromatic rings. The molecule has 0 radical (unpaired) electrons. The number of aromatic amines is 1. The number of imidazole rings is 1. The summed E-state index contributed by atoms with van der Waals surface area (Å²) in [4.78, 5) is 11.9. The van der Waals surface area contributed by atoms with Gasteiger partial charge >= 0.3 is 0 Å². The van der Waals surface area contributed by atoms with Crippen molar-refractivity contribution in [1.82, 2.24) is 15.0 Å². The first-order valence-electron chi connectivity index (χ1n) is 7.31. The Morgan fingerprint density at radius 2 is 2.09 bits per heavy atom. The van der Waals surface area contributed by atoms with Crippen molar-refractivity contribution in [2.75, 3.05) is 7.11 Å². The first-order chi connectivity index (χ1) is 10.8. The molecular weight excluding hydrogens is 274 g/mol. The van der Waals surface area contributed by atoms with Gasteiger partial charge in [0.1, 0.15) is 5.75 Å². The van der Waals surface area contributed by atoms with Crippen molar-refractivity contribution in [3.8, 4) is 5.75 Å². The average molecular weight is 293 g/mol. The van der Waals surface area contributed by atoms with Gasteiger partial charge < -0.3 is 9.72 Å². The number of pyridine rings is 1. The molecule has 4 nitrogen and oxygen atoms in total. The summed E-state index contributed by atoms with van der Waals surface area (Å²) in [6, 6.07) is 12.2. The Morgan fingerprint density at radius 1 is 1.18 bits per heavy atom. The van der Waals surface area contributed by atoms with Crippen LogP contribution in [0.4, 0.5) is 0 Å². The Morgan fingerprint density at radius 3 is 2.77 bits per heavy atom. The Bertz CT molecular complexity index is 723. The van der Waals surface area contributed by atoms with Gasteiger partial charge in [-0.05, 0) is 24.6 Å². The summed E-state index contributed by atoms with van der Waals surface area (Å²) in [5.74, 6) is 1.06. The lowest BCUT2D eigenvalue weighted by Crippen LogP contribution is -2.09. The number of aromatic nitrogens is 3. The number of para-hydroxylation sites is 1. The van der Waals surface area contributed by atoms with Crippen molar-refractivity contribution >= 4 is 0 Å². The molecule has 0 spiro atoms. The van der Waals surface area contributed by atoms with Gasteiger partial charge in [0, 0.05) is 41.7 Å². The average Bonchev–Trinajstić information content (AvgIpc) is 3.07. The van der Waals surface area contributed by atoms with Crippen molar-refractivity contribution in [1.29, 1.82) is 0 Å². The minimum atomic E-state index is 0.132. The Labute approximate surface area is 130 Å². The summed E-state index contributed by atoms with van der Waals surface area (Å²) in [7, 11) is 1.72. The third-order valence-electron chi connectivity index (χ3n) is 3.86. The van der Waals surface area contributed by atoms with Crippen LogP contribution in [0.5, 0.6) is 5.75 Å². The van der Waals surface area contributed by atoms with Crippen molar-refractivity contribution in [2.45, 2.75) is 19.3 Å². The molecule has 0 saturated carbocycles. The Balaban J connectivity index is 2.05. The van der Waals surface area contributed by atoms with Gasteiger partial charge in [0.25, 0.3) is 0 Å². The minimum Gasteiger partial charge on any atom is -0.496 e. The van der Waals surface area contributed by atoms with Gasteiger partial charge in [-0.2, -0.15) is 0 Å². The van der Waals surface area contributed by atoms with Crippen molar-refractivity contribution in [3.05, 3.63) is 77.6 Å². The highest BCUT2D eigenvalue weighted by atomic mass is 16.5. The molecule has 112 valence electrons. The zero-order valence-corrected chi connectivity index (χ0v) is 12.8. The van der Waals surface area contributed by atoms with Crippen LogP contribution in [0.15, 0.2) is 55.1 Å². The van der Waals surface area contributed by atoms with Crippen LogP contribution in [0, 0.1) is 6.92 Å². The number of hydrogen-bond acceptors (Lipinski definition) is 3. The van der Waals surface area contributed by atoms with E-state index in [9.17, 15) is 0 Å². The summed E-state index contributed by atoms with van der Waals surface area (Å²) < 4.78 is 5.64. The molecule has 0 saturated heterocycles. The number of H-pyrrole nitrogens is 1. The topological polar surface area (TPSA) is 50.8 Å². The standard InChI is InChI=1S/C18H19N3O/c1-13-6-5-8-15(18(13)22-2)16(17-11-19-12-21-17)10-14-7-3-4-9-20-14/h3-9,11-12,16H,10H2,1-2H3,(H,19,21)/t16-/m1/s1. The number of benzene rings is 1. The van der Waals surface area contributed by atoms with Crippen molar-refractivity contribution in [3.63, 3.8) is 0 Å². The summed E-state index contributed by atoms with van der Waals surface area (Å²) in [5, 5.41) is 0. The molecule has 0 aliphatic carbocycles. The molecule has 0 amide bonds. The molecule has 4 heteroatoms. The first-order valence-corrected chi connectivity index (χ1v) is 7.31. The SMILES string of the molecule is COc1c(C)cccc1[C@@H](Cc1ccccn1)c1cnc[nH]1. The van der Waals surface area contributed by atoms with E-state index in [2.05, 4.69) is 40.1 Å². The lowest BCUT2D eigenvalue weighted by molar-refractivity contribution is 0.404. The third-order valence-corrected chi connectivity index (χ3v) is 3.86. The van der Waals surface area contributed by atoms with Gasteiger partial charge in [-0.25, -0.2) is 4.98 Å². The van der Waals surface area contributed by atoms with E-state index in [-0.39, 0.29) is 5.92 Å². The van der Waals surface area contributed by atoms with Gasteiger partial charge in [-0.3, -0.25) is 4.98 Å². The van der Waals surface area contributed by atoms with Gasteiger partial charge in [-0.1, -0.05) is 24.3 Å². The molecule has 0 fully saturated rings. The fourth-order valence-electron chi connectivity index (χ4n) is 2.80. The normalized spacial score (nSPS) is 12.1. The predicted molar refractivity (Wildman–Crippen MR) is 86.1 cm³/mol. The van der Waals surface area contributed by atoms with E-state index in [0.29, 0.717) is 0 Å². The number of ether oxygens (including phenoxy) is 1. The highest BCUT2D eigenvalue weighted by Gasteiger charge is 2.21. The van der Waals surface area contributed by atoms with Crippen LogP contribution in [0.3, 0.4) is 0 Å². The summed E-state index contributed by atoms with van der Waals surface area (Å²) in [6.07, 6.45) is 6.20. The second-order valence-corrected chi connectivity index (χ2v) is 5.28. The highest BCUT2D eigenvalue weighted by Crippen LogP contribution is 2.35. The molecular formula is C18H19N3O. The van der Waals surface area contributed by atoms with Gasteiger partial charge in [0.2, 0.25) is 0 Å². The van der Waals surface area contributed by atoms with Crippen LogP contribution in [0.1, 0.15) is 28.4 Å². The number of rotatable bonds is 5. The molecule has 1 aromatic carbocycles. The van der Waals surface area contributed by atoms with E-state index in [1.807, 2.05) is 30.6 Å². The van der Waals surface area contributed by atoms with Crippen LogP contribution >= 0.6 is 0 Å². The molecule has 3 rings (SSSR count). The van der Waals surface area contributed by atoms with Gasteiger partial charge in [0.15, 0.2) is 0 Å². The summed E-state index contributed by atoms with van der Waals surface area (Å²) >= 11 is 0. The summed E-state index contributed by atoms with van der Waals surface area (Å²) in [5.41, 5.74) is 4.39. The van der Waals surface area contributed by atoms with Crippen LogP contribution < -0.4 is 4.74 Å². The molecule has 22 heavy (non-hydrogen) atoms. The smallest absolute Gasteiger partial charge is 0.125 e. The quantitative estimate of drug-likeness (QED) is 0.783. The van der Waals surface area contributed by atoms with E-state index in [1.54, 1.807) is 13.4 Å². The lowest BCUT2D eigenvalue weighted by atomic mass is 9.89. The fraction of sp³-hybridized carbons (Fsp3) is 0.222. The molecule has 0 unspecified atom stereocenters. The molecule has 0 aliphatic heterocycles. The van der Waals surface area contributed by atoms with E-state index in [1.165, 1.54) is 0 Å². The zero-order chi connectivity index (χ0) is 15.4. The monoisotopic (exact) mass is 293 g/mol. The highest BCUT2D eigenvalue weighted by molar-refractivity contribution is 5.46. The second-order valence-electron chi connectivity index (χ2n) is 5.28. The first kappa shape index (κ1) is 14.3. The van der Waals surface area contributed by atoms with Crippen molar-refractivity contribution in [2.24, 2.45) is 0 Å². The van der Waals surface area contributed by atoms with Gasteiger partial charge in [-0.15, -0.1) is 0 Å². The van der Waals surface area contributed by atoms with Crippen molar-refractivity contribution < 1.29 is 4.74 Å². The van der Waals surface area contributed by atoms with Gasteiger partial charge in [0.05, 0.1) is 13.4 Å². The number of methoxy groups -OCH3 is 1. The molecule has 1 N–H and O–H groups in total. The Hall–Kier alpha value is -2.62. The zero-order valence-electron chi connectivity index (χ0n) is 12.8. The third kappa shape index (κ3) is 2.86. The molecule has 2 heterocycles. The van der Waals surface area contributed by atoms with E-state index < -0.39 is 0 Å². The maximum atomic E-state index is 5.64. The Kier molecular flexibility index (Phi) is 4.19. The number of aryl methyl sites for hydroxylation is 1.